The lowest BCUT2D eigenvalue weighted by Gasteiger charge is -2.14. The number of halogens is 1. The number of benzene rings is 3. The van der Waals surface area contributed by atoms with Crippen molar-refractivity contribution in [1.82, 2.24) is 24.9 Å². The van der Waals surface area contributed by atoms with Crippen molar-refractivity contribution in [3.8, 4) is 16.9 Å². The second-order valence-corrected chi connectivity index (χ2v) is 8.74. The molecule has 0 fully saturated rings. The number of nitrogens with zero attached hydrogens (tertiary/aromatic N) is 4. The zero-order valence-corrected chi connectivity index (χ0v) is 19.6. The minimum Gasteiger partial charge on any atom is -0.350 e. The maximum Gasteiger partial charge on any atom is 0.274 e. The van der Waals surface area contributed by atoms with Crippen LogP contribution in [0.15, 0.2) is 85.1 Å². The summed E-state index contributed by atoms with van der Waals surface area (Å²) in [6.07, 6.45) is 3.78. The Morgan fingerprint density at radius 2 is 1.71 bits per heavy atom. The molecule has 0 saturated carbocycles. The number of para-hydroxylation sites is 1. The number of carbonyl (C=O) groups is 1. The first-order valence-corrected chi connectivity index (χ1v) is 11.6. The molecule has 5 rings (SSSR count). The first-order chi connectivity index (χ1) is 17.0. The Morgan fingerprint density at radius 3 is 2.49 bits per heavy atom. The normalized spacial score (nSPS) is 12.1. The van der Waals surface area contributed by atoms with E-state index >= 15 is 0 Å². The summed E-state index contributed by atoms with van der Waals surface area (Å²) in [4.78, 5) is 13.3. The molecule has 2 heterocycles. The number of amides is 1. The highest BCUT2D eigenvalue weighted by Gasteiger charge is 2.23. The van der Waals surface area contributed by atoms with Gasteiger partial charge in [-0.3, -0.25) is 4.79 Å². The minimum absolute atomic E-state index is 0.0685. The van der Waals surface area contributed by atoms with Crippen molar-refractivity contribution < 1.29 is 9.18 Å². The van der Waals surface area contributed by atoms with Crippen molar-refractivity contribution in [1.29, 1.82) is 0 Å². The van der Waals surface area contributed by atoms with E-state index in [9.17, 15) is 9.18 Å². The number of nitrogens with one attached hydrogen (secondary N) is 1. The van der Waals surface area contributed by atoms with E-state index in [1.54, 1.807) is 16.8 Å². The lowest BCUT2D eigenvalue weighted by Crippen LogP contribution is -2.33. The number of rotatable bonds is 7. The summed E-state index contributed by atoms with van der Waals surface area (Å²) in [5, 5.41) is 12.8. The molecule has 0 radical (unpaired) electrons. The molecule has 0 aliphatic heterocycles. The lowest BCUT2D eigenvalue weighted by atomic mass is 10.0. The maximum atomic E-state index is 13.5. The molecule has 35 heavy (non-hydrogen) atoms. The number of fused-ring (bicyclic) bond motifs is 1. The molecule has 5 aromatic rings. The SMILES string of the molecule is C[C@H](CCc1cn(C)c2ccccc12)NC(=O)c1nnn(-c2ccc(F)cc2)c1-c1ccccc1. The molecule has 2 aromatic heterocycles. The van der Waals surface area contributed by atoms with Crippen LogP contribution in [-0.4, -0.2) is 31.5 Å². The van der Waals surface area contributed by atoms with E-state index in [1.165, 1.54) is 28.6 Å². The monoisotopic (exact) mass is 467 g/mol. The molecule has 6 nitrogen and oxygen atoms in total. The standard InChI is InChI=1S/C28H26FN5O/c1-19(12-13-21-18-33(2)25-11-7-6-10-24(21)25)30-28(35)26-27(20-8-4-3-5-9-20)34(32-31-26)23-16-14-22(29)15-17-23/h3-11,14-19H,12-13H2,1-2H3,(H,30,35)/t19-/m1/s1. The molecule has 0 aliphatic rings. The van der Waals surface area contributed by atoms with Crippen molar-refractivity contribution in [2.24, 2.45) is 7.05 Å². The number of hydrogen-bond acceptors (Lipinski definition) is 3. The molecular weight excluding hydrogens is 441 g/mol. The smallest absolute Gasteiger partial charge is 0.274 e. The van der Waals surface area contributed by atoms with Crippen molar-refractivity contribution in [2.75, 3.05) is 0 Å². The van der Waals surface area contributed by atoms with Crippen molar-refractivity contribution >= 4 is 16.8 Å². The summed E-state index contributed by atoms with van der Waals surface area (Å²) in [5.74, 6) is -0.629. The molecule has 0 saturated heterocycles. The zero-order chi connectivity index (χ0) is 24.4. The van der Waals surface area contributed by atoms with E-state index in [0.717, 1.165) is 18.4 Å². The van der Waals surface area contributed by atoms with Crippen LogP contribution in [0.25, 0.3) is 27.8 Å². The molecule has 3 aromatic carbocycles. The van der Waals surface area contributed by atoms with Gasteiger partial charge < -0.3 is 9.88 Å². The highest BCUT2D eigenvalue weighted by molar-refractivity contribution is 5.98. The second kappa shape index (κ2) is 9.54. The fourth-order valence-corrected chi connectivity index (χ4v) is 4.41. The topological polar surface area (TPSA) is 64.7 Å². The van der Waals surface area contributed by atoms with Gasteiger partial charge in [0.05, 0.1) is 5.69 Å². The van der Waals surface area contributed by atoms with Crippen LogP contribution in [-0.2, 0) is 13.5 Å². The molecule has 1 N–H and O–H groups in total. The van der Waals surface area contributed by atoms with E-state index < -0.39 is 0 Å². The van der Waals surface area contributed by atoms with E-state index in [2.05, 4.69) is 38.5 Å². The average molecular weight is 468 g/mol. The van der Waals surface area contributed by atoms with Crippen LogP contribution in [0, 0.1) is 5.82 Å². The Hall–Kier alpha value is -4.26. The zero-order valence-electron chi connectivity index (χ0n) is 19.6. The molecule has 0 spiro atoms. The molecule has 0 aliphatic carbocycles. The fraction of sp³-hybridized carbons (Fsp3) is 0.179. The molecule has 1 atom stereocenters. The predicted octanol–water partition coefficient (Wildman–Crippen LogP) is 5.32. The Bertz CT molecular complexity index is 1470. The highest BCUT2D eigenvalue weighted by Crippen LogP contribution is 2.26. The quantitative estimate of drug-likeness (QED) is 0.353. The fourth-order valence-electron chi connectivity index (χ4n) is 4.41. The van der Waals surface area contributed by atoms with Crippen molar-refractivity contribution in [3.63, 3.8) is 0 Å². The van der Waals surface area contributed by atoms with Gasteiger partial charge in [-0.05, 0) is 55.7 Å². The third-order valence-electron chi connectivity index (χ3n) is 6.21. The molecule has 0 bridgehead atoms. The van der Waals surface area contributed by atoms with Crippen LogP contribution in [0.2, 0.25) is 0 Å². The number of aromatic nitrogens is 4. The van der Waals surface area contributed by atoms with Gasteiger partial charge in [0.25, 0.3) is 5.91 Å². The molecule has 0 unspecified atom stereocenters. The summed E-state index contributed by atoms with van der Waals surface area (Å²) >= 11 is 0. The van der Waals surface area contributed by atoms with Gasteiger partial charge in [0.1, 0.15) is 11.5 Å². The van der Waals surface area contributed by atoms with Gasteiger partial charge >= 0.3 is 0 Å². The largest absolute Gasteiger partial charge is 0.350 e. The van der Waals surface area contributed by atoms with Gasteiger partial charge in [0, 0.05) is 35.8 Å². The average Bonchev–Trinajstić information content (AvgIpc) is 3.46. The number of carbonyl (C=O) groups excluding carboxylic acids is 1. The van der Waals surface area contributed by atoms with Gasteiger partial charge in [-0.1, -0.05) is 53.7 Å². The van der Waals surface area contributed by atoms with Crippen molar-refractivity contribution in [3.05, 3.63) is 102 Å². The molecule has 176 valence electrons. The molecule has 1 amide bonds. The number of aryl methyl sites for hydroxylation is 2. The van der Waals surface area contributed by atoms with Crippen LogP contribution in [0.3, 0.4) is 0 Å². The Kier molecular flexibility index (Phi) is 6.14. The van der Waals surface area contributed by atoms with Gasteiger partial charge in [0.15, 0.2) is 5.69 Å². The van der Waals surface area contributed by atoms with E-state index in [0.29, 0.717) is 11.4 Å². The third kappa shape index (κ3) is 4.57. The van der Waals surface area contributed by atoms with Crippen molar-refractivity contribution in [2.45, 2.75) is 25.8 Å². The maximum absolute atomic E-state index is 13.5. The molecule has 7 heteroatoms. The van der Waals surface area contributed by atoms with Gasteiger partial charge in [-0.25, -0.2) is 9.07 Å². The third-order valence-corrected chi connectivity index (χ3v) is 6.21. The van der Waals surface area contributed by atoms with Crippen LogP contribution in [0.4, 0.5) is 4.39 Å². The van der Waals surface area contributed by atoms with Gasteiger partial charge in [-0.15, -0.1) is 5.10 Å². The summed E-state index contributed by atoms with van der Waals surface area (Å²) < 4.78 is 17.2. The summed E-state index contributed by atoms with van der Waals surface area (Å²) in [7, 11) is 2.05. The predicted molar refractivity (Wildman–Crippen MR) is 135 cm³/mol. The van der Waals surface area contributed by atoms with Crippen LogP contribution >= 0.6 is 0 Å². The Balaban J connectivity index is 1.37. The van der Waals surface area contributed by atoms with E-state index in [4.69, 9.17) is 0 Å². The summed E-state index contributed by atoms with van der Waals surface area (Å²) in [6, 6.07) is 23.7. The summed E-state index contributed by atoms with van der Waals surface area (Å²) in [6.45, 7) is 2.00. The first kappa shape index (κ1) is 22.5. The Labute approximate surface area is 203 Å². The van der Waals surface area contributed by atoms with E-state index in [-0.39, 0.29) is 23.5 Å². The second-order valence-electron chi connectivity index (χ2n) is 8.74. The lowest BCUT2D eigenvalue weighted by molar-refractivity contribution is 0.0934. The first-order valence-electron chi connectivity index (χ1n) is 11.6. The van der Waals surface area contributed by atoms with Crippen LogP contribution in [0.5, 0.6) is 0 Å². The molecular formula is C28H26FN5O. The van der Waals surface area contributed by atoms with Gasteiger partial charge in [0.2, 0.25) is 0 Å². The van der Waals surface area contributed by atoms with Gasteiger partial charge in [-0.2, -0.15) is 0 Å². The highest BCUT2D eigenvalue weighted by atomic mass is 19.1. The summed E-state index contributed by atoms with van der Waals surface area (Å²) in [5.41, 5.74) is 4.69. The van der Waals surface area contributed by atoms with E-state index in [1.807, 2.05) is 56.4 Å². The minimum atomic E-state index is -0.340. The number of hydrogen-bond donors (Lipinski definition) is 1. The Morgan fingerprint density at radius 1 is 1.00 bits per heavy atom. The van der Waals surface area contributed by atoms with Crippen LogP contribution in [0.1, 0.15) is 29.4 Å². The van der Waals surface area contributed by atoms with Crippen LogP contribution < -0.4 is 5.32 Å².